The molecule has 0 aromatic heterocycles. The molecule has 1 aromatic carbocycles. The molecule has 0 aliphatic carbocycles. The number of hydrogen-bond acceptors (Lipinski definition) is 3. The summed E-state index contributed by atoms with van der Waals surface area (Å²) in [5, 5.41) is 17.4. The van der Waals surface area contributed by atoms with E-state index < -0.39 is 12.3 Å². The van der Waals surface area contributed by atoms with Crippen molar-refractivity contribution in [2.24, 2.45) is 0 Å². The van der Waals surface area contributed by atoms with Gasteiger partial charge in [0.1, 0.15) is 5.75 Å². The predicted molar refractivity (Wildman–Crippen MR) is 55.4 cm³/mol. The summed E-state index contributed by atoms with van der Waals surface area (Å²) in [5.74, 6) is -0.505. The zero-order valence-electron chi connectivity index (χ0n) is 8.25. The minimum Gasteiger partial charge on any atom is -0.478 e. The number of hydrogen-bond donors (Lipinski definition) is 2. The Balaban J connectivity index is 2.78. The van der Waals surface area contributed by atoms with Crippen LogP contribution in [0, 0.1) is 0 Å². The van der Waals surface area contributed by atoms with Crippen molar-refractivity contribution in [2.75, 3.05) is 0 Å². The van der Waals surface area contributed by atoms with Crippen molar-refractivity contribution in [3.8, 4) is 5.75 Å². The highest BCUT2D eigenvalue weighted by atomic mass is 16.6. The minimum atomic E-state index is -1.00. The van der Waals surface area contributed by atoms with Crippen molar-refractivity contribution in [2.45, 2.75) is 13.2 Å². The van der Waals surface area contributed by atoms with Gasteiger partial charge in [-0.1, -0.05) is 12.1 Å². The van der Waals surface area contributed by atoms with Gasteiger partial charge in [0, 0.05) is 6.08 Å². The third-order valence-corrected chi connectivity index (χ3v) is 1.58. The summed E-state index contributed by atoms with van der Waals surface area (Å²) in [6.07, 6.45) is 1.61. The lowest BCUT2D eigenvalue weighted by Gasteiger charge is -2.08. The number of carboxylic acid groups (broad SMARTS) is 1. The van der Waals surface area contributed by atoms with Crippen LogP contribution in [0.2, 0.25) is 0 Å². The SMILES string of the molecule is CC(O)Oc1cccc(/C=C/C(=O)O)c1. The van der Waals surface area contributed by atoms with Crippen molar-refractivity contribution in [1.29, 1.82) is 0 Å². The van der Waals surface area contributed by atoms with Gasteiger partial charge in [-0.2, -0.15) is 0 Å². The van der Waals surface area contributed by atoms with Gasteiger partial charge in [-0.15, -0.1) is 0 Å². The molecule has 0 aliphatic heterocycles. The van der Waals surface area contributed by atoms with Crippen molar-refractivity contribution in [1.82, 2.24) is 0 Å². The zero-order valence-corrected chi connectivity index (χ0v) is 8.25. The number of aliphatic hydroxyl groups is 1. The van der Waals surface area contributed by atoms with Gasteiger partial charge >= 0.3 is 5.97 Å². The van der Waals surface area contributed by atoms with Crippen LogP contribution in [0.25, 0.3) is 6.08 Å². The molecule has 1 unspecified atom stereocenters. The second kappa shape index (κ2) is 5.17. The van der Waals surface area contributed by atoms with Gasteiger partial charge in [-0.3, -0.25) is 0 Å². The normalized spacial score (nSPS) is 12.7. The Bertz CT molecular complexity index is 369. The highest BCUT2D eigenvalue weighted by molar-refractivity contribution is 5.85. The molecule has 4 heteroatoms. The van der Waals surface area contributed by atoms with Gasteiger partial charge in [0.25, 0.3) is 0 Å². The second-order valence-electron chi connectivity index (χ2n) is 2.96. The Morgan fingerprint density at radius 1 is 1.53 bits per heavy atom. The smallest absolute Gasteiger partial charge is 0.328 e. The van der Waals surface area contributed by atoms with E-state index in [1.54, 1.807) is 24.3 Å². The Labute approximate surface area is 87.4 Å². The van der Waals surface area contributed by atoms with Crippen LogP contribution in [0.1, 0.15) is 12.5 Å². The average molecular weight is 208 g/mol. The molecule has 0 spiro atoms. The highest BCUT2D eigenvalue weighted by Gasteiger charge is 1.98. The minimum absolute atomic E-state index is 0.498. The van der Waals surface area contributed by atoms with E-state index in [2.05, 4.69) is 0 Å². The molecule has 1 aromatic rings. The first kappa shape index (κ1) is 11.3. The molecule has 15 heavy (non-hydrogen) atoms. The molecule has 0 amide bonds. The van der Waals surface area contributed by atoms with Crippen LogP contribution in [-0.2, 0) is 4.79 Å². The maximum Gasteiger partial charge on any atom is 0.328 e. The Hall–Kier alpha value is -1.81. The van der Waals surface area contributed by atoms with Gasteiger partial charge in [-0.25, -0.2) is 4.79 Å². The first-order valence-electron chi connectivity index (χ1n) is 4.44. The van der Waals surface area contributed by atoms with E-state index in [0.717, 1.165) is 6.08 Å². The van der Waals surface area contributed by atoms with E-state index in [-0.39, 0.29) is 0 Å². The van der Waals surface area contributed by atoms with Crippen LogP contribution in [0.15, 0.2) is 30.3 Å². The Kier molecular flexibility index (Phi) is 3.88. The molecule has 80 valence electrons. The fraction of sp³-hybridized carbons (Fsp3) is 0.182. The van der Waals surface area contributed by atoms with E-state index in [0.29, 0.717) is 11.3 Å². The Morgan fingerprint density at radius 3 is 2.87 bits per heavy atom. The van der Waals surface area contributed by atoms with Crippen LogP contribution >= 0.6 is 0 Å². The lowest BCUT2D eigenvalue weighted by molar-refractivity contribution is -0.131. The fourth-order valence-electron chi connectivity index (χ4n) is 1.06. The number of carboxylic acids is 1. The molecule has 0 heterocycles. The fourth-order valence-corrected chi connectivity index (χ4v) is 1.06. The van der Waals surface area contributed by atoms with E-state index >= 15 is 0 Å². The summed E-state index contributed by atoms with van der Waals surface area (Å²) in [4.78, 5) is 10.3. The molecule has 0 fully saturated rings. The van der Waals surface area contributed by atoms with Crippen molar-refractivity contribution < 1.29 is 19.7 Å². The summed E-state index contributed by atoms with van der Waals surface area (Å²) >= 11 is 0. The van der Waals surface area contributed by atoms with Gasteiger partial charge < -0.3 is 14.9 Å². The van der Waals surface area contributed by atoms with E-state index in [1.165, 1.54) is 13.0 Å². The number of carbonyl (C=O) groups is 1. The number of rotatable bonds is 4. The van der Waals surface area contributed by atoms with Crippen molar-refractivity contribution in [3.63, 3.8) is 0 Å². The molecule has 1 rings (SSSR count). The first-order valence-corrected chi connectivity index (χ1v) is 4.44. The second-order valence-corrected chi connectivity index (χ2v) is 2.96. The molecular weight excluding hydrogens is 196 g/mol. The highest BCUT2D eigenvalue weighted by Crippen LogP contribution is 2.15. The van der Waals surface area contributed by atoms with Gasteiger partial charge in [0.2, 0.25) is 0 Å². The zero-order chi connectivity index (χ0) is 11.3. The van der Waals surface area contributed by atoms with E-state index in [1.807, 2.05) is 0 Å². The van der Waals surface area contributed by atoms with E-state index in [4.69, 9.17) is 14.9 Å². The first-order chi connectivity index (χ1) is 7.08. The largest absolute Gasteiger partial charge is 0.478 e. The average Bonchev–Trinajstić information content (AvgIpc) is 2.14. The number of ether oxygens (including phenoxy) is 1. The molecule has 4 nitrogen and oxygen atoms in total. The van der Waals surface area contributed by atoms with E-state index in [9.17, 15) is 4.79 Å². The van der Waals surface area contributed by atoms with Gasteiger partial charge in [0.05, 0.1) is 0 Å². The molecule has 1 atom stereocenters. The quantitative estimate of drug-likeness (QED) is 0.581. The molecule has 0 bridgehead atoms. The lowest BCUT2D eigenvalue weighted by atomic mass is 10.2. The molecular formula is C11H12O4. The van der Waals surface area contributed by atoms with Gasteiger partial charge in [0.15, 0.2) is 6.29 Å². The van der Waals surface area contributed by atoms with Crippen LogP contribution in [0.4, 0.5) is 0 Å². The molecule has 0 aliphatic rings. The number of aliphatic carboxylic acids is 1. The molecule has 2 N–H and O–H groups in total. The van der Waals surface area contributed by atoms with Crippen LogP contribution in [0.5, 0.6) is 5.75 Å². The lowest BCUT2D eigenvalue weighted by Crippen LogP contribution is -2.09. The monoisotopic (exact) mass is 208 g/mol. The van der Waals surface area contributed by atoms with Crippen LogP contribution in [-0.4, -0.2) is 22.5 Å². The van der Waals surface area contributed by atoms with Crippen molar-refractivity contribution >= 4 is 12.0 Å². The molecule has 0 radical (unpaired) electrons. The topological polar surface area (TPSA) is 66.8 Å². The standard InChI is InChI=1S/C11H12O4/c1-8(12)15-10-4-2-3-9(7-10)5-6-11(13)14/h2-8,12H,1H3,(H,13,14)/b6-5+. The maximum atomic E-state index is 10.3. The summed E-state index contributed by atoms with van der Waals surface area (Å²) in [6, 6.07) is 6.80. The number of benzene rings is 1. The predicted octanol–water partition coefficient (Wildman–Crippen LogP) is 1.50. The Morgan fingerprint density at radius 2 is 2.27 bits per heavy atom. The molecule has 0 saturated carbocycles. The van der Waals surface area contributed by atoms with Crippen molar-refractivity contribution in [3.05, 3.63) is 35.9 Å². The third-order valence-electron chi connectivity index (χ3n) is 1.58. The summed E-state index contributed by atoms with van der Waals surface area (Å²) in [7, 11) is 0. The van der Waals surface area contributed by atoms with Crippen LogP contribution < -0.4 is 4.74 Å². The number of aliphatic hydroxyl groups excluding tert-OH is 1. The summed E-state index contributed by atoms with van der Waals surface area (Å²) in [6.45, 7) is 1.50. The third kappa shape index (κ3) is 4.28. The summed E-state index contributed by atoms with van der Waals surface area (Å²) < 4.78 is 5.04. The molecule has 0 saturated heterocycles. The summed E-state index contributed by atoms with van der Waals surface area (Å²) in [5.41, 5.74) is 0.704. The van der Waals surface area contributed by atoms with Gasteiger partial charge in [-0.05, 0) is 30.7 Å². The van der Waals surface area contributed by atoms with Crippen LogP contribution in [0.3, 0.4) is 0 Å². The maximum absolute atomic E-state index is 10.3.